The van der Waals surface area contributed by atoms with Crippen molar-refractivity contribution in [3.63, 3.8) is 0 Å². The molecule has 0 aromatic heterocycles. The van der Waals surface area contributed by atoms with Gasteiger partial charge < -0.3 is 0 Å². The van der Waals surface area contributed by atoms with Crippen LogP contribution in [0, 0.1) is 0 Å². The Morgan fingerprint density at radius 3 is 0.792 bits per heavy atom. The lowest BCUT2D eigenvalue weighted by molar-refractivity contribution is 1.66. The Balaban J connectivity index is 1.70. The second-order valence-corrected chi connectivity index (χ2v) is 12.4. The highest BCUT2D eigenvalue weighted by Gasteiger charge is 2.14. The molecule has 0 heterocycles. The van der Waals surface area contributed by atoms with Crippen molar-refractivity contribution in [1.29, 1.82) is 0 Å². The van der Waals surface area contributed by atoms with Crippen molar-refractivity contribution in [2.75, 3.05) is 0 Å². The maximum atomic E-state index is 2.39. The highest BCUT2D eigenvalue weighted by molar-refractivity contribution is 6.35. The van der Waals surface area contributed by atoms with E-state index in [1.165, 1.54) is 86.9 Å². The van der Waals surface area contributed by atoms with Gasteiger partial charge in [-0.2, -0.15) is 0 Å². The third-order valence-corrected chi connectivity index (χ3v) is 9.67. The Hall–Kier alpha value is -6.24. The summed E-state index contributed by atoms with van der Waals surface area (Å²) in [7, 11) is 0. The Morgan fingerprint density at radius 2 is 0.458 bits per heavy atom. The van der Waals surface area contributed by atoms with Crippen molar-refractivity contribution >= 4 is 64.6 Å². The van der Waals surface area contributed by atoms with Crippen LogP contribution in [0.1, 0.15) is 0 Å². The Bertz CT molecular complexity index is 2500. The van der Waals surface area contributed by atoms with E-state index in [1.54, 1.807) is 0 Å². The van der Waals surface area contributed by atoms with Crippen molar-refractivity contribution in [1.82, 2.24) is 0 Å². The summed E-state index contributed by atoms with van der Waals surface area (Å²) in [5, 5.41) is 14.8. The van der Waals surface area contributed by atoms with Crippen LogP contribution in [-0.2, 0) is 0 Å². The molecule has 10 rings (SSSR count). The first-order chi connectivity index (χ1) is 23.8. The second-order valence-electron chi connectivity index (χ2n) is 12.4. The smallest absolute Gasteiger partial charge is 0.00201 e. The van der Waals surface area contributed by atoms with Gasteiger partial charge in [0.2, 0.25) is 0 Å². The highest BCUT2D eigenvalue weighted by Crippen LogP contribution is 2.42. The average molecular weight is 609 g/mol. The first-order valence-electron chi connectivity index (χ1n) is 16.6. The Morgan fingerprint density at radius 1 is 0.208 bits per heavy atom. The zero-order valence-electron chi connectivity index (χ0n) is 26.5. The van der Waals surface area contributed by atoms with Crippen LogP contribution in [0.15, 0.2) is 194 Å². The molecule has 0 fully saturated rings. The van der Waals surface area contributed by atoms with Crippen LogP contribution in [-0.4, -0.2) is 0 Å². The number of benzene rings is 8. The highest BCUT2D eigenvalue weighted by atomic mass is 14.2. The number of hydrogen-bond donors (Lipinski definition) is 0. The molecule has 0 N–H and O–H groups in total. The number of fused-ring (bicyclic) bond motifs is 2. The SMILES string of the molecule is c1ccc(-c2cc3ccccc3cc(-c3ccccc3)c3ccccc3c3c4ccccc4c(c4ccccc24)c2ccccc23)cc1. The van der Waals surface area contributed by atoms with Gasteiger partial charge >= 0.3 is 0 Å². The molecular formula is C48H32. The van der Waals surface area contributed by atoms with Crippen LogP contribution in [0.3, 0.4) is 0 Å². The molecular weight excluding hydrogens is 577 g/mol. The summed E-state index contributed by atoms with van der Waals surface area (Å²) in [4.78, 5) is 0. The van der Waals surface area contributed by atoms with Gasteiger partial charge in [-0.1, -0.05) is 182 Å². The molecule has 0 aliphatic carbocycles. The average Bonchev–Trinajstić information content (AvgIpc) is 3.16. The van der Waals surface area contributed by atoms with E-state index in [2.05, 4.69) is 194 Å². The van der Waals surface area contributed by atoms with E-state index in [4.69, 9.17) is 0 Å². The zero-order chi connectivity index (χ0) is 31.9. The van der Waals surface area contributed by atoms with E-state index < -0.39 is 0 Å². The predicted octanol–water partition coefficient (Wildman–Crippen LogP) is 13.6. The second kappa shape index (κ2) is 11.8. The summed E-state index contributed by atoms with van der Waals surface area (Å²) in [5.41, 5.74) is 4.77. The monoisotopic (exact) mass is 608 g/mol. The van der Waals surface area contributed by atoms with Crippen molar-refractivity contribution in [2.45, 2.75) is 0 Å². The lowest BCUT2D eigenvalue weighted by Crippen LogP contribution is -1.87. The molecule has 48 heavy (non-hydrogen) atoms. The molecule has 0 unspecified atom stereocenters. The predicted molar refractivity (Wildman–Crippen MR) is 209 cm³/mol. The van der Waals surface area contributed by atoms with Gasteiger partial charge in [-0.15, -0.1) is 0 Å². The number of hydrogen-bond acceptors (Lipinski definition) is 0. The van der Waals surface area contributed by atoms with Gasteiger partial charge in [0.1, 0.15) is 0 Å². The molecule has 0 nitrogen and oxygen atoms in total. The van der Waals surface area contributed by atoms with Gasteiger partial charge in [-0.25, -0.2) is 0 Å². The molecule has 224 valence electrons. The van der Waals surface area contributed by atoms with Crippen molar-refractivity contribution in [3.8, 4) is 22.3 Å². The van der Waals surface area contributed by atoms with E-state index >= 15 is 0 Å². The van der Waals surface area contributed by atoms with Crippen LogP contribution in [0.4, 0.5) is 0 Å². The quantitative estimate of drug-likeness (QED) is 0.171. The van der Waals surface area contributed by atoms with Gasteiger partial charge in [0, 0.05) is 0 Å². The van der Waals surface area contributed by atoms with Crippen LogP contribution in [0.25, 0.3) is 86.9 Å². The normalized spacial score (nSPS) is 11.3. The molecule has 0 heteroatoms. The summed E-state index contributed by atoms with van der Waals surface area (Å²) in [6.45, 7) is 0. The van der Waals surface area contributed by atoms with E-state index in [0.717, 1.165) is 0 Å². The minimum absolute atomic E-state index is 1.18. The molecule has 0 aliphatic rings. The van der Waals surface area contributed by atoms with Crippen molar-refractivity contribution < 1.29 is 0 Å². The van der Waals surface area contributed by atoms with Gasteiger partial charge in [0.05, 0.1) is 0 Å². The maximum absolute atomic E-state index is 2.39. The van der Waals surface area contributed by atoms with Gasteiger partial charge in [-0.3, -0.25) is 0 Å². The largest absolute Gasteiger partial charge is 0.0622 e. The molecule has 10 aromatic rings. The van der Waals surface area contributed by atoms with Crippen LogP contribution < -0.4 is 0 Å². The first-order valence-corrected chi connectivity index (χ1v) is 16.6. The first kappa shape index (κ1) is 28.0. The molecule has 0 aliphatic heterocycles. The summed E-state index contributed by atoms with van der Waals surface area (Å²) in [6, 6.07) is 71.1. The van der Waals surface area contributed by atoms with Crippen LogP contribution >= 0.6 is 0 Å². The Labute approximate surface area is 280 Å². The van der Waals surface area contributed by atoms with Gasteiger partial charge in [-0.05, 0) is 99.0 Å². The fourth-order valence-corrected chi connectivity index (χ4v) is 7.53. The van der Waals surface area contributed by atoms with Gasteiger partial charge in [0.25, 0.3) is 0 Å². The van der Waals surface area contributed by atoms with Crippen molar-refractivity contribution in [3.05, 3.63) is 194 Å². The molecule has 0 amide bonds. The molecule has 0 saturated heterocycles. The summed E-state index contributed by atoms with van der Waals surface area (Å²) in [5.74, 6) is 0. The molecule has 2 bridgehead atoms. The number of rotatable bonds is 2. The van der Waals surface area contributed by atoms with E-state index in [1.807, 2.05) is 0 Å². The maximum Gasteiger partial charge on any atom is -0.00201 e. The standard InChI is InChI=1S/C48H32/c1-3-17-33(18-4-1)45-31-35-21-7-8-22-36(35)32-46(34-19-5-2-6-20-34)38-24-10-12-26-40(38)48-43-29-15-13-27-41(43)47(39-25-11-9-23-37(39)45)42-28-14-16-30-44(42)48/h1-32H. The van der Waals surface area contributed by atoms with Crippen LogP contribution in [0.2, 0.25) is 0 Å². The summed E-state index contributed by atoms with van der Waals surface area (Å²) < 4.78 is 0. The van der Waals surface area contributed by atoms with Gasteiger partial charge in [0.15, 0.2) is 0 Å². The minimum Gasteiger partial charge on any atom is -0.0622 e. The third kappa shape index (κ3) is 4.70. The molecule has 0 saturated carbocycles. The lowest BCUT2D eigenvalue weighted by atomic mass is 9.88. The zero-order valence-corrected chi connectivity index (χ0v) is 26.5. The summed E-state index contributed by atoms with van der Waals surface area (Å²) in [6.07, 6.45) is 0. The topological polar surface area (TPSA) is 0 Å². The minimum atomic E-state index is 1.18. The molecule has 0 atom stereocenters. The lowest BCUT2D eigenvalue weighted by Gasteiger charge is -2.15. The Kier molecular flexibility index (Phi) is 6.91. The van der Waals surface area contributed by atoms with Crippen LogP contribution in [0.5, 0.6) is 0 Å². The summed E-state index contributed by atoms with van der Waals surface area (Å²) >= 11 is 0. The fraction of sp³-hybridized carbons (Fsp3) is 0. The third-order valence-electron chi connectivity index (χ3n) is 9.67. The fourth-order valence-electron chi connectivity index (χ4n) is 7.53. The molecule has 0 radical (unpaired) electrons. The van der Waals surface area contributed by atoms with Crippen molar-refractivity contribution in [2.24, 2.45) is 0 Å². The van der Waals surface area contributed by atoms with E-state index in [-0.39, 0.29) is 0 Å². The molecule has 0 spiro atoms. The van der Waals surface area contributed by atoms with E-state index in [0.29, 0.717) is 0 Å². The molecule has 10 aromatic carbocycles. The van der Waals surface area contributed by atoms with E-state index in [9.17, 15) is 0 Å².